The van der Waals surface area contributed by atoms with Crippen LogP contribution in [-0.2, 0) is 14.3 Å². The molecule has 2 aliphatic heterocycles. The topological polar surface area (TPSA) is 64.6 Å². The van der Waals surface area contributed by atoms with Crippen molar-refractivity contribution in [3.63, 3.8) is 0 Å². The van der Waals surface area contributed by atoms with Gasteiger partial charge in [0.05, 0.1) is 5.92 Å². The molecule has 2 aliphatic rings. The molecule has 0 saturated carbocycles. The minimum Gasteiger partial charge on any atom is -0.430 e. The summed E-state index contributed by atoms with van der Waals surface area (Å²) in [5.74, 6) is -0.361. The number of ether oxygens (including phenoxy) is 2. The van der Waals surface area contributed by atoms with Crippen LogP contribution >= 0.6 is 0 Å². The van der Waals surface area contributed by atoms with Crippen molar-refractivity contribution in [3.05, 3.63) is 12.7 Å². The Morgan fingerprint density at radius 2 is 2.36 bits per heavy atom. The molecule has 14 heavy (non-hydrogen) atoms. The number of hydrogen-bond donors (Lipinski definition) is 1. The number of hydrogen-bond acceptors (Lipinski definition) is 4. The van der Waals surface area contributed by atoms with E-state index in [1.165, 1.54) is 0 Å². The van der Waals surface area contributed by atoms with Crippen LogP contribution in [0.25, 0.3) is 0 Å². The van der Waals surface area contributed by atoms with Gasteiger partial charge >= 0.3 is 6.16 Å². The smallest absolute Gasteiger partial charge is 0.430 e. The summed E-state index contributed by atoms with van der Waals surface area (Å²) in [6, 6.07) is 0.0273. The molecule has 1 N–H and O–H groups in total. The largest absolute Gasteiger partial charge is 0.508 e. The Bertz CT molecular complexity index is 287. The number of nitrogens with one attached hydrogen (secondary N) is 1. The fourth-order valence-corrected chi connectivity index (χ4v) is 1.79. The minimum absolute atomic E-state index is 0.0273. The predicted octanol–water partition coefficient (Wildman–Crippen LogP) is 0.212. The van der Waals surface area contributed by atoms with Gasteiger partial charge in [0.15, 0.2) is 6.10 Å². The van der Waals surface area contributed by atoms with Crippen LogP contribution in [-0.4, -0.2) is 30.8 Å². The first kappa shape index (κ1) is 9.05. The molecule has 0 aromatic rings. The molecule has 2 saturated heterocycles. The highest BCUT2D eigenvalue weighted by atomic mass is 16.8. The Kier molecular flexibility index (Phi) is 2.15. The number of cyclic esters (lactones) is 2. The van der Waals surface area contributed by atoms with E-state index in [0.717, 1.165) is 0 Å². The second kappa shape index (κ2) is 3.32. The summed E-state index contributed by atoms with van der Waals surface area (Å²) in [4.78, 5) is 21.9. The second-order valence-electron chi connectivity index (χ2n) is 3.38. The van der Waals surface area contributed by atoms with Gasteiger partial charge in [0.25, 0.3) is 0 Å². The number of amides is 1. The van der Waals surface area contributed by atoms with Gasteiger partial charge in [0.1, 0.15) is 6.61 Å². The summed E-state index contributed by atoms with van der Waals surface area (Å²) in [6.07, 6.45) is 1.30. The lowest BCUT2D eigenvalue weighted by Crippen LogP contribution is -2.62. The van der Waals surface area contributed by atoms with Gasteiger partial charge in [-0.05, 0) is 6.42 Å². The van der Waals surface area contributed by atoms with Gasteiger partial charge in [-0.1, -0.05) is 6.08 Å². The molecule has 3 atom stereocenters. The van der Waals surface area contributed by atoms with Crippen molar-refractivity contribution >= 4 is 12.1 Å². The fourth-order valence-electron chi connectivity index (χ4n) is 1.79. The van der Waals surface area contributed by atoms with Gasteiger partial charge in [0.2, 0.25) is 5.91 Å². The molecule has 0 aliphatic carbocycles. The summed E-state index contributed by atoms with van der Waals surface area (Å²) in [5.41, 5.74) is 0. The van der Waals surface area contributed by atoms with Crippen LogP contribution in [0.4, 0.5) is 4.79 Å². The van der Waals surface area contributed by atoms with Gasteiger partial charge in [-0.25, -0.2) is 4.79 Å². The average Bonchev–Trinajstić information content (AvgIpc) is 2.51. The average molecular weight is 197 g/mol. The first-order chi connectivity index (χ1) is 6.72. The number of carbonyl (C=O) groups is 2. The third kappa shape index (κ3) is 1.34. The first-order valence-corrected chi connectivity index (χ1v) is 4.47. The van der Waals surface area contributed by atoms with E-state index in [0.29, 0.717) is 6.42 Å². The van der Waals surface area contributed by atoms with Crippen molar-refractivity contribution in [2.45, 2.75) is 18.6 Å². The molecule has 1 amide bonds. The zero-order valence-electron chi connectivity index (χ0n) is 7.56. The van der Waals surface area contributed by atoms with Crippen molar-refractivity contribution in [1.29, 1.82) is 0 Å². The maximum Gasteiger partial charge on any atom is 0.508 e. The maximum atomic E-state index is 11.2. The van der Waals surface area contributed by atoms with Crippen molar-refractivity contribution in [1.82, 2.24) is 5.32 Å². The molecule has 2 fully saturated rings. The molecule has 3 unspecified atom stereocenters. The normalized spacial score (nSPS) is 35.3. The van der Waals surface area contributed by atoms with E-state index < -0.39 is 12.3 Å². The maximum absolute atomic E-state index is 11.2. The Labute approximate surface area is 81.1 Å². The first-order valence-electron chi connectivity index (χ1n) is 4.47. The SMILES string of the molecule is C=CCC1NC(=O)C1C1COC(=O)O1. The third-order valence-corrected chi connectivity index (χ3v) is 2.50. The molecular formula is C9H11NO4. The van der Waals surface area contributed by atoms with Crippen molar-refractivity contribution in [2.75, 3.05) is 6.61 Å². The summed E-state index contributed by atoms with van der Waals surface area (Å²) in [5, 5.41) is 2.73. The van der Waals surface area contributed by atoms with Crippen LogP contribution in [0.15, 0.2) is 12.7 Å². The van der Waals surface area contributed by atoms with Gasteiger partial charge in [-0.15, -0.1) is 6.58 Å². The van der Waals surface area contributed by atoms with Crippen molar-refractivity contribution < 1.29 is 19.1 Å². The van der Waals surface area contributed by atoms with Crippen LogP contribution in [0.3, 0.4) is 0 Å². The fraction of sp³-hybridized carbons (Fsp3) is 0.556. The molecule has 0 radical (unpaired) electrons. The molecule has 5 heteroatoms. The van der Waals surface area contributed by atoms with Crippen LogP contribution in [0.5, 0.6) is 0 Å². The van der Waals surface area contributed by atoms with Crippen LogP contribution in [0, 0.1) is 5.92 Å². The molecule has 0 bridgehead atoms. The summed E-state index contributed by atoms with van der Waals surface area (Å²) in [6.45, 7) is 3.76. The van der Waals surface area contributed by atoms with E-state index in [4.69, 9.17) is 4.74 Å². The lowest BCUT2D eigenvalue weighted by Gasteiger charge is -2.37. The quantitative estimate of drug-likeness (QED) is 0.399. The molecule has 5 nitrogen and oxygen atoms in total. The monoisotopic (exact) mass is 197 g/mol. The van der Waals surface area contributed by atoms with Gasteiger partial charge in [0, 0.05) is 6.04 Å². The van der Waals surface area contributed by atoms with Crippen LogP contribution in [0.2, 0.25) is 0 Å². The zero-order chi connectivity index (χ0) is 10.1. The molecule has 2 heterocycles. The van der Waals surface area contributed by atoms with Crippen LogP contribution in [0.1, 0.15) is 6.42 Å². The third-order valence-electron chi connectivity index (χ3n) is 2.50. The van der Waals surface area contributed by atoms with Crippen molar-refractivity contribution in [2.24, 2.45) is 5.92 Å². The molecular weight excluding hydrogens is 186 g/mol. The van der Waals surface area contributed by atoms with E-state index >= 15 is 0 Å². The Hall–Kier alpha value is -1.52. The van der Waals surface area contributed by atoms with E-state index in [1.807, 2.05) is 0 Å². The van der Waals surface area contributed by atoms with Crippen LogP contribution < -0.4 is 5.32 Å². The van der Waals surface area contributed by atoms with E-state index in [9.17, 15) is 9.59 Å². The highest BCUT2D eigenvalue weighted by Gasteiger charge is 2.48. The number of rotatable bonds is 3. The van der Waals surface area contributed by atoms with Gasteiger partial charge < -0.3 is 14.8 Å². The van der Waals surface area contributed by atoms with Gasteiger partial charge in [-0.2, -0.15) is 0 Å². The molecule has 0 spiro atoms. The lowest BCUT2D eigenvalue weighted by atomic mass is 9.84. The van der Waals surface area contributed by atoms with E-state index in [2.05, 4.69) is 16.6 Å². The number of β-lactam (4-membered cyclic amide) rings is 1. The summed E-state index contributed by atoms with van der Waals surface area (Å²) < 4.78 is 9.49. The van der Waals surface area contributed by atoms with E-state index in [-0.39, 0.29) is 24.5 Å². The van der Waals surface area contributed by atoms with E-state index in [1.54, 1.807) is 6.08 Å². The molecule has 76 valence electrons. The van der Waals surface area contributed by atoms with Gasteiger partial charge in [-0.3, -0.25) is 4.79 Å². The highest BCUT2D eigenvalue weighted by Crippen LogP contribution is 2.27. The number of carbonyl (C=O) groups excluding carboxylic acids is 2. The summed E-state index contributed by atoms with van der Waals surface area (Å²) in [7, 11) is 0. The molecule has 0 aromatic carbocycles. The lowest BCUT2D eigenvalue weighted by molar-refractivity contribution is -0.139. The van der Waals surface area contributed by atoms with Crippen molar-refractivity contribution in [3.8, 4) is 0 Å². The Balaban J connectivity index is 1.98. The molecule has 2 rings (SSSR count). The predicted molar refractivity (Wildman–Crippen MR) is 46.5 cm³/mol. The zero-order valence-corrected chi connectivity index (χ0v) is 7.56. The Morgan fingerprint density at radius 3 is 2.86 bits per heavy atom. The standard InChI is InChI=1S/C9H11NO4/c1-2-3-5-7(8(11)10-5)6-4-13-9(12)14-6/h2,5-7H,1,3-4H2,(H,10,11). The minimum atomic E-state index is -0.688. The Morgan fingerprint density at radius 1 is 1.57 bits per heavy atom. The molecule has 0 aromatic heterocycles. The highest BCUT2D eigenvalue weighted by molar-refractivity contribution is 5.87. The second-order valence-corrected chi connectivity index (χ2v) is 3.38. The summed E-state index contributed by atoms with van der Waals surface area (Å²) >= 11 is 0.